The van der Waals surface area contributed by atoms with Gasteiger partial charge in [-0.3, -0.25) is 0 Å². The molecule has 0 bridgehead atoms. The summed E-state index contributed by atoms with van der Waals surface area (Å²) < 4.78 is 5.69. The van der Waals surface area contributed by atoms with E-state index in [4.69, 9.17) is 4.74 Å². The maximum Gasteiger partial charge on any atom is 0.104 e. The first-order valence-corrected chi connectivity index (χ1v) is 6.94. The molecule has 3 atom stereocenters. The highest BCUT2D eigenvalue weighted by Gasteiger charge is 2.28. The molecule has 2 heteroatoms. The van der Waals surface area contributed by atoms with Crippen LogP contribution in [0.3, 0.4) is 0 Å². The van der Waals surface area contributed by atoms with Gasteiger partial charge in [0.2, 0.25) is 0 Å². The van der Waals surface area contributed by atoms with E-state index in [1.54, 1.807) is 0 Å². The van der Waals surface area contributed by atoms with Gasteiger partial charge in [0.1, 0.15) is 6.10 Å². The van der Waals surface area contributed by atoms with E-state index in [-0.39, 0.29) is 12.2 Å². The normalized spacial score (nSPS) is 30.4. The van der Waals surface area contributed by atoms with Crippen LogP contribution in [0.5, 0.6) is 0 Å². The van der Waals surface area contributed by atoms with Gasteiger partial charge >= 0.3 is 0 Å². The molecule has 0 spiro atoms. The Morgan fingerprint density at radius 1 is 1.33 bits per heavy atom. The molecule has 102 valence electrons. The van der Waals surface area contributed by atoms with Crippen molar-refractivity contribution < 1.29 is 9.84 Å². The minimum atomic E-state index is -0.367. The highest BCUT2D eigenvalue weighted by Crippen LogP contribution is 2.23. The van der Waals surface area contributed by atoms with Gasteiger partial charge in [0.15, 0.2) is 0 Å². The van der Waals surface area contributed by atoms with Gasteiger partial charge in [-0.25, -0.2) is 0 Å². The SMILES string of the molecule is CCC/C=C/C=C\C=C(/C)[C@@H]1OCC(C)C[C@H]1O. The van der Waals surface area contributed by atoms with Gasteiger partial charge in [0, 0.05) is 0 Å². The van der Waals surface area contributed by atoms with Crippen molar-refractivity contribution in [1.29, 1.82) is 0 Å². The summed E-state index contributed by atoms with van der Waals surface area (Å²) in [6.07, 6.45) is 12.9. The molecule has 1 rings (SSSR count). The van der Waals surface area contributed by atoms with E-state index in [0.717, 1.165) is 25.0 Å². The zero-order valence-corrected chi connectivity index (χ0v) is 11.8. The highest BCUT2D eigenvalue weighted by molar-refractivity contribution is 5.19. The van der Waals surface area contributed by atoms with Crippen LogP contribution in [0.2, 0.25) is 0 Å². The Balaban J connectivity index is 2.45. The lowest BCUT2D eigenvalue weighted by Gasteiger charge is -2.32. The lowest BCUT2D eigenvalue weighted by Crippen LogP contribution is -2.38. The minimum absolute atomic E-state index is 0.134. The molecule has 0 aromatic rings. The molecule has 1 N–H and O–H groups in total. The molecule has 1 fully saturated rings. The van der Waals surface area contributed by atoms with Crippen molar-refractivity contribution in [2.75, 3.05) is 6.61 Å². The predicted molar refractivity (Wildman–Crippen MR) is 76.5 cm³/mol. The quantitative estimate of drug-likeness (QED) is 0.755. The summed E-state index contributed by atoms with van der Waals surface area (Å²) in [7, 11) is 0. The fourth-order valence-electron chi connectivity index (χ4n) is 2.13. The van der Waals surface area contributed by atoms with Gasteiger partial charge < -0.3 is 9.84 Å². The molecule has 0 radical (unpaired) electrons. The Morgan fingerprint density at radius 2 is 2.11 bits per heavy atom. The van der Waals surface area contributed by atoms with Gasteiger partial charge in [0.05, 0.1) is 12.7 Å². The first-order chi connectivity index (χ1) is 8.65. The second-order valence-corrected chi connectivity index (χ2v) is 5.17. The molecule has 0 aliphatic carbocycles. The number of hydrogen-bond acceptors (Lipinski definition) is 2. The van der Waals surface area contributed by atoms with Crippen molar-refractivity contribution in [1.82, 2.24) is 0 Å². The van der Waals surface area contributed by atoms with E-state index in [2.05, 4.69) is 26.0 Å². The second-order valence-electron chi connectivity index (χ2n) is 5.17. The number of hydrogen-bond donors (Lipinski definition) is 1. The van der Waals surface area contributed by atoms with E-state index in [9.17, 15) is 5.11 Å². The molecule has 1 heterocycles. The second kappa shape index (κ2) is 8.28. The Kier molecular flexibility index (Phi) is 6.99. The predicted octanol–water partition coefficient (Wildman–Crippen LogP) is 3.63. The average Bonchev–Trinajstić information content (AvgIpc) is 2.33. The van der Waals surface area contributed by atoms with Crippen LogP contribution >= 0.6 is 0 Å². The summed E-state index contributed by atoms with van der Waals surface area (Å²) in [5, 5.41) is 9.98. The maximum absolute atomic E-state index is 9.98. The summed E-state index contributed by atoms with van der Waals surface area (Å²) in [6, 6.07) is 0. The van der Waals surface area contributed by atoms with Crippen molar-refractivity contribution in [3.63, 3.8) is 0 Å². The van der Waals surface area contributed by atoms with Crippen molar-refractivity contribution in [3.8, 4) is 0 Å². The van der Waals surface area contributed by atoms with E-state index in [1.807, 2.05) is 25.2 Å². The fourth-order valence-corrected chi connectivity index (χ4v) is 2.13. The number of aliphatic hydroxyl groups excluding tert-OH is 1. The third-order valence-electron chi connectivity index (χ3n) is 3.18. The van der Waals surface area contributed by atoms with Crippen LogP contribution in [0.25, 0.3) is 0 Å². The van der Waals surface area contributed by atoms with E-state index in [0.29, 0.717) is 5.92 Å². The first-order valence-electron chi connectivity index (χ1n) is 6.94. The zero-order valence-electron chi connectivity index (χ0n) is 11.8. The summed E-state index contributed by atoms with van der Waals surface area (Å²) in [5.74, 6) is 0.455. The summed E-state index contributed by atoms with van der Waals surface area (Å²) in [4.78, 5) is 0. The van der Waals surface area contributed by atoms with Crippen LogP contribution < -0.4 is 0 Å². The molecule has 0 saturated carbocycles. The van der Waals surface area contributed by atoms with Crippen LogP contribution in [0.4, 0.5) is 0 Å². The molecule has 0 aromatic heterocycles. The Hall–Kier alpha value is -0.860. The van der Waals surface area contributed by atoms with E-state index in [1.165, 1.54) is 6.42 Å². The van der Waals surface area contributed by atoms with Gasteiger partial charge in [-0.2, -0.15) is 0 Å². The molecular formula is C16H26O2. The first kappa shape index (κ1) is 15.2. The maximum atomic E-state index is 9.98. The van der Waals surface area contributed by atoms with Crippen LogP contribution in [0.15, 0.2) is 36.0 Å². The molecular weight excluding hydrogens is 224 g/mol. The molecule has 0 amide bonds. The lowest BCUT2D eigenvalue weighted by atomic mass is 9.93. The van der Waals surface area contributed by atoms with E-state index >= 15 is 0 Å². The molecule has 1 unspecified atom stereocenters. The van der Waals surface area contributed by atoms with Crippen molar-refractivity contribution in [2.24, 2.45) is 5.92 Å². The third kappa shape index (κ3) is 5.19. The van der Waals surface area contributed by atoms with Gasteiger partial charge in [-0.05, 0) is 31.3 Å². The summed E-state index contributed by atoms with van der Waals surface area (Å²) in [6.45, 7) is 7.04. The minimum Gasteiger partial charge on any atom is -0.390 e. The average molecular weight is 250 g/mol. The van der Waals surface area contributed by atoms with Gasteiger partial charge in [0.25, 0.3) is 0 Å². The topological polar surface area (TPSA) is 29.5 Å². The number of unbranched alkanes of at least 4 members (excludes halogenated alkanes) is 1. The molecule has 2 nitrogen and oxygen atoms in total. The molecule has 1 aliphatic rings. The highest BCUT2D eigenvalue weighted by atomic mass is 16.5. The Bertz CT molecular complexity index is 315. The van der Waals surface area contributed by atoms with E-state index < -0.39 is 0 Å². The molecule has 1 aliphatic heterocycles. The largest absolute Gasteiger partial charge is 0.390 e. The molecule has 1 saturated heterocycles. The van der Waals surface area contributed by atoms with Crippen LogP contribution in [0, 0.1) is 5.92 Å². The summed E-state index contributed by atoms with van der Waals surface area (Å²) >= 11 is 0. The van der Waals surface area contributed by atoms with Crippen LogP contribution in [-0.2, 0) is 4.74 Å². The lowest BCUT2D eigenvalue weighted by molar-refractivity contribution is -0.0764. The number of ether oxygens (including phenoxy) is 1. The van der Waals surface area contributed by atoms with Crippen molar-refractivity contribution in [2.45, 2.75) is 52.2 Å². The summed E-state index contributed by atoms with van der Waals surface area (Å²) in [5.41, 5.74) is 1.09. The number of rotatable bonds is 5. The number of allylic oxidation sites excluding steroid dienone is 5. The smallest absolute Gasteiger partial charge is 0.104 e. The van der Waals surface area contributed by atoms with Crippen LogP contribution in [0.1, 0.15) is 40.0 Å². The monoisotopic (exact) mass is 250 g/mol. The van der Waals surface area contributed by atoms with Crippen LogP contribution in [-0.4, -0.2) is 23.9 Å². The number of aliphatic hydroxyl groups is 1. The van der Waals surface area contributed by atoms with Gasteiger partial charge in [-0.15, -0.1) is 0 Å². The molecule has 0 aromatic carbocycles. The fraction of sp³-hybridized carbons (Fsp3) is 0.625. The Labute approximate surface area is 111 Å². The standard InChI is InChI=1S/C16H26O2/c1-4-5-6-7-8-9-10-14(3)16-15(17)11-13(2)12-18-16/h6-10,13,15-17H,4-5,11-12H2,1-3H3/b7-6+,9-8-,14-10+/t13?,15-,16+/m1/s1. The Morgan fingerprint density at radius 3 is 2.78 bits per heavy atom. The third-order valence-corrected chi connectivity index (χ3v) is 3.18. The van der Waals surface area contributed by atoms with Crippen molar-refractivity contribution in [3.05, 3.63) is 36.0 Å². The van der Waals surface area contributed by atoms with Crippen molar-refractivity contribution >= 4 is 0 Å². The molecule has 18 heavy (non-hydrogen) atoms. The van der Waals surface area contributed by atoms with Gasteiger partial charge in [-0.1, -0.05) is 50.6 Å². The zero-order chi connectivity index (χ0) is 13.4.